The van der Waals surface area contributed by atoms with Crippen molar-refractivity contribution in [2.24, 2.45) is 0 Å². The van der Waals surface area contributed by atoms with E-state index in [0.717, 1.165) is 29.2 Å². The fourth-order valence-corrected chi connectivity index (χ4v) is 19.2. The molecule has 5 heteroatoms. The van der Waals surface area contributed by atoms with Crippen molar-refractivity contribution in [3.05, 3.63) is 315 Å². The zero-order valence-corrected chi connectivity index (χ0v) is 77.4. The molecule has 0 unspecified atom stereocenters. The highest BCUT2D eigenvalue weighted by Crippen LogP contribution is 2.55. The molecule has 119 heavy (non-hydrogen) atoms. The second-order valence-electron chi connectivity index (χ2n) is 44.4. The van der Waals surface area contributed by atoms with E-state index in [4.69, 9.17) is 0 Å². The van der Waals surface area contributed by atoms with Crippen molar-refractivity contribution < 1.29 is 0 Å². The molecule has 0 amide bonds. The molecule has 12 aromatic carbocycles. The summed E-state index contributed by atoms with van der Waals surface area (Å²) in [6.45, 7) is 65.8. The van der Waals surface area contributed by atoms with Crippen molar-refractivity contribution >= 4 is 91.3 Å². The Morgan fingerprint density at radius 2 is 0.639 bits per heavy atom. The van der Waals surface area contributed by atoms with Gasteiger partial charge in [-0.15, -0.1) is 0 Å². The number of fused-ring (bicyclic) bond motifs is 6. The predicted octanol–water partition coefficient (Wildman–Crippen LogP) is 30.8. The predicted molar refractivity (Wildman–Crippen MR) is 519 cm³/mol. The average molecular weight is 1570 g/mol. The van der Waals surface area contributed by atoms with E-state index in [1.54, 1.807) is 0 Å². The Hall–Kier alpha value is -10.1. The molecule has 0 atom stereocenters. The van der Waals surface area contributed by atoms with Crippen molar-refractivity contribution in [1.29, 1.82) is 0 Å². The first-order chi connectivity index (χ1) is 55.6. The Balaban J connectivity index is 0.000000186. The minimum Gasteiger partial charge on any atom is -0.311 e. The maximum Gasteiger partial charge on any atom is 0.252 e. The minimum absolute atomic E-state index is 0.00164. The van der Waals surface area contributed by atoms with Gasteiger partial charge in [-0.1, -0.05) is 313 Å². The van der Waals surface area contributed by atoms with Gasteiger partial charge in [-0.3, -0.25) is 0 Å². The van der Waals surface area contributed by atoms with Gasteiger partial charge in [-0.2, -0.15) is 0 Å². The number of rotatable bonds is 10. The smallest absolute Gasteiger partial charge is 0.252 e. The lowest BCUT2D eigenvalue weighted by Crippen LogP contribution is -2.62. The van der Waals surface area contributed by atoms with Crippen LogP contribution in [0.4, 0.5) is 68.2 Å². The third-order valence-corrected chi connectivity index (χ3v) is 27.1. The summed E-state index contributed by atoms with van der Waals surface area (Å²) in [5.41, 5.74) is 40.5. The quantitative estimate of drug-likeness (QED) is 0.127. The summed E-state index contributed by atoms with van der Waals surface area (Å²) in [6, 6.07) is 96.3. The number of hydrogen-bond donors (Lipinski definition) is 0. The summed E-state index contributed by atoms with van der Waals surface area (Å²) in [6.07, 6.45) is 4.70. The van der Waals surface area contributed by atoms with Gasteiger partial charge in [0.25, 0.3) is 6.71 Å². The summed E-state index contributed by atoms with van der Waals surface area (Å²) in [5.74, 6) is 0. The number of hydrogen-bond acceptors (Lipinski definition) is 4. The maximum atomic E-state index is 2.67. The van der Waals surface area contributed by atoms with Crippen LogP contribution in [0.2, 0.25) is 0 Å². The van der Waals surface area contributed by atoms with Crippen LogP contribution in [0.5, 0.6) is 0 Å². The van der Waals surface area contributed by atoms with Crippen LogP contribution in [0.3, 0.4) is 0 Å². The molecule has 612 valence electrons. The van der Waals surface area contributed by atoms with Crippen LogP contribution >= 0.6 is 0 Å². The number of benzene rings is 12. The third kappa shape index (κ3) is 16.1. The van der Waals surface area contributed by atoms with Crippen LogP contribution in [-0.2, 0) is 54.1 Å². The van der Waals surface area contributed by atoms with Crippen LogP contribution in [0.15, 0.2) is 249 Å². The summed E-state index contributed by atoms with van der Waals surface area (Å²) in [4.78, 5) is 10.2. The lowest BCUT2D eigenvalue weighted by Gasteiger charge is -2.48. The van der Waals surface area contributed by atoms with E-state index in [9.17, 15) is 0 Å². The molecule has 12 aromatic rings. The molecule has 0 saturated carbocycles. The van der Waals surface area contributed by atoms with Gasteiger partial charge in [-0.05, 0) is 303 Å². The Morgan fingerprint density at radius 1 is 0.269 bits per heavy atom. The summed E-state index contributed by atoms with van der Waals surface area (Å²) in [7, 11) is 0. The van der Waals surface area contributed by atoms with Crippen molar-refractivity contribution in [2.45, 2.75) is 274 Å². The van der Waals surface area contributed by atoms with Crippen LogP contribution in [0, 0.1) is 13.8 Å². The molecule has 0 fully saturated rings. The molecule has 0 saturated heterocycles. The molecule has 2 heterocycles. The SMILES string of the molecule is Cc1cc(N(c2ccc(C(C)(C)C)cc2)c2ccc(C(C)(C)C)cc2)cc(N(c2ccc3c(c2)C(C)(C)CCC3(C)C)c2ccc(C(C)(C)C)cc2-c2ccccc2)c1.Cc1cc2c3c(c1)N(c1ccc(C(C)(C)C)cc1-c1ccccc1)c1cc4c(cc1B3c1cc(C(C)(C)C)ccc1N2c1ccc(C(C)(C)C)cc1)C(C)(C)CCC4(C)C. The molecule has 4 nitrogen and oxygen atoms in total. The molecular formula is C114H133BN4. The van der Waals surface area contributed by atoms with E-state index < -0.39 is 0 Å². The normalized spacial score (nSPS) is 15.8. The molecule has 0 radical (unpaired) electrons. The highest BCUT2D eigenvalue weighted by molar-refractivity contribution is 7.00. The number of aryl methyl sites for hydroxylation is 2. The molecule has 16 rings (SSSR count). The van der Waals surface area contributed by atoms with Gasteiger partial charge in [0, 0.05) is 68.0 Å². The molecule has 0 aromatic heterocycles. The Kier molecular flexibility index (Phi) is 21.1. The lowest BCUT2D eigenvalue weighted by molar-refractivity contribution is 0.332. The van der Waals surface area contributed by atoms with Gasteiger partial charge >= 0.3 is 0 Å². The standard InChI is InChI=1S/C57H65BN2.C57H68N2/c1-36-30-50-52-51(31-36)60(47-26-22-39(54(5,6)7)32-42(47)37-18-16-15-17-19-37)49-35-44-43(56(11,12)28-29-57(44,13)14)34-46(49)58(52)45-33-40(55(8,9)10)23-27-48(45)59(50)41-24-20-38(21-25-41)53(2,3)4;1-39-34-47(58(44-25-20-41(21-26-44)53(2,3)4)45-27-22-42(23-28-45)54(5,6)7)37-48(35-39)59(46-29-30-50-51(38-46)57(13,14)33-32-56(50,11)12)52-31-24-43(55(8,9)10)36-49(52)40-18-16-15-17-19-40/h15-27,30-35H,28-29H2,1-14H3;15-31,34-38H,32-33H2,1-14H3. The Morgan fingerprint density at radius 3 is 1.13 bits per heavy atom. The monoisotopic (exact) mass is 1570 g/mol. The van der Waals surface area contributed by atoms with E-state index in [-0.39, 0.29) is 60.9 Å². The molecule has 2 aliphatic heterocycles. The van der Waals surface area contributed by atoms with Gasteiger partial charge in [0.05, 0.1) is 11.4 Å². The largest absolute Gasteiger partial charge is 0.311 e. The van der Waals surface area contributed by atoms with E-state index in [2.05, 4.69) is 462 Å². The highest BCUT2D eigenvalue weighted by atomic mass is 15.2. The van der Waals surface area contributed by atoms with E-state index in [1.807, 2.05) is 0 Å². The van der Waals surface area contributed by atoms with Crippen LogP contribution in [0.1, 0.15) is 272 Å². The van der Waals surface area contributed by atoms with Crippen LogP contribution in [-0.4, -0.2) is 6.71 Å². The number of nitrogens with zero attached hydrogens (tertiary/aromatic N) is 4. The first-order valence-electron chi connectivity index (χ1n) is 44.2. The Labute approximate surface area is 717 Å². The molecular weight excluding hydrogens is 1440 g/mol. The zero-order chi connectivity index (χ0) is 85.6. The van der Waals surface area contributed by atoms with Gasteiger partial charge in [0.2, 0.25) is 0 Å². The second kappa shape index (κ2) is 30.0. The molecule has 4 aliphatic rings. The number of anilines is 12. The van der Waals surface area contributed by atoms with Gasteiger partial charge < -0.3 is 19.6 Å². The Bertz CT molecular complexity index is 5750. The van der Waals surface area contributed by atoms with E-state index in [1.165, 1.54) is 170 Å². The molecule has 2 aliphatic carbocycles. The molecule has 0 bridgehead atoms. The fraction of sp³-hybridized carbons (Fsp3) is 0.368. The first kappa shape index (κ1) is 83.9. The second-order valence-corrected chi connectivity index (χ2v) is 44.4. The van der Waals surface area contributed by atoms with Crippen LogP contribution in [0.25, 0.3) is 22.3 Å². The summed E-state index contributed by atoms with van der Waals surface area (Å²) in [5, 5.41) is 0. The van der Waals surface area contributed by atoms with E-state index in [0.29, 0.717) is 0 Å². The van der Waals surface area contributed by atoms with Gasteiger partial charge in [0.1, 0.15) is 0 Å². The van der Waals surface area contributed by atoms with Crippen molar-refractivity contribution in [3.8, 4) is 22.3 Å². The molecule has 0 spiro atoms. The average Bonchev–Trinajstić information content (AvgIpc) is 0.686. The zero-order valence-electron chi connectivity index (χ0n) is 77.4. The third-order valence-electron chi connectivity index (χ3n) is 27.1. The van der Waals surface area contributed by atoms with Crippen molar-refractivity contribution in [3.63, 3.8) is 0 Å². The summed E-state index contributed by atoms with van der Waals surface area (Å²) < 4.78 is 0. The summed E-state index contributed by atoms with van der Waals surface area (Å²) >= 11 is 0. The molecule has 0 N–H and O–H groups in total. The van der Waals surface area contributed by atoms with Crippen molar-refractivity contribution in [2.75, 3.05) is 19.6 Å². The van der Waals surface area contributed by atoms with Crippen molar-refractivity contribution in [1.82, 2.24) is 0 Å². The first-order valence-corrected chi connectivity index (χ1v) is 44.2. The van der Waals surface area contributed by atoms with Gasteiger partial charge in [0.15, 0.2) is 0 Å². The lowest BCUT2D eigenvalue weighted by atomic mass is 9.33. The van der Waals surface area contributed by atoms with E-state index >= 15 is 0 Å². The highest BCUT2D eigenvalue weighted by Gasteiger charge is 2.48. The fourth-order valence-electron chi connectivity index (χ4n) is 19.2. The van der Waals surface area contributed by atoms with Crippen LogP contribution < -0.4 is 36.0 Å². The van der Waals surface area contributed by atoms with Gasteiger partial charge in [-0.25, -0.2) is 0 Å². The topological polar surface area (TPSA) is 13.0 Å². The maximum absolute atomic E-state index is 2.67. The minimum atomic E-state index is -0.00458.